The fraction of sp³-hybridized carbons (Fsp3) is 0.719. The van der Waals surface area contributed by atoms with Crippen LogP contribution < -0.4 is 0 Å². The van der Waals surface area contributed by atoms with Gasteiger partial charge < -0.3 is 4.79 Å². The van der Waals surface area contributed by atoms with Crippen LogP contribution in [0, 0.1) is 51.4 Å². The zero-order valence-electron chi connectivity index (χ0n) is 23.6. The van der Waals surface area contributed by atoms with Crippen LogP contribution in [0.4, 0.5) is 0 Å². The molecule has 1 unspecified atom stereocenters. The topological polar surface area (TPSA) is 21.4 Å². The van der Waals surface area contributed by atoms with Gasteiger partial charge in [-0.3, -0.25) is 0 Å². The Balaban J connectivity index is 0.00000289. The molecule has 0 amide bonds. The first-order valence-corrected chi connectivity index (χ1v) is 13.6. The summed E-state index contributed by atoms with van der Waals surface area (Å²) in [7, 11) is 0. The van der Waals surface area contributed by atoms with Gasteiger partial charge in [0.1, 0.15) is 0 Å². The average Bonchev–Trinajstić information content (AvgIpc) is 2.74. The number of allylic oxidation sites excluding steroid dienone is 6. The van der Waals surface area contributed by atoms with Crippen LogP contribution >= 0.6 is 0 Å². The second kappa shape index (κ2) is 8.17. The van der Waals surface area contributed by atoms with Crippen molar-refractivity contribution >= 4 is 5.78 Å². The van der Waals surface area contributed by atoms with Gasteiger partial charge in [0.05, 0.1) is 6.57 Å². The molecule has 3 heteroatoms. The summed E-state index contributed by atoms with van der Waals surface area (Å²) in [6.45, 7) is 29.2. The van der Waals surface area contributed by atoms with Crippen molar-refractivity contribution in [3.8, 4) is 0 Å². The maximum atomic E-state index is 13.3. The molecular weight excluding hydrogens is 503 g/mol. The summed E-state index contributed by atoms with van der Waals surface area (Å²) in [4.78, 5) is 17.0. The second-order valence-corrected chi connectivity index (χ2v) is 14.4. The number of rotatable bonds is 0. The summed E-state index contributed by atoms with van der Waals surface area (Å²) in [6.07, 6.45) is 10.6. The molecule has 0 saturated heterocycles. The summed E-state index contributed by atoms with van der Waals surface area (Å²) >= 11 is 0. The molecule has 2 fully saturated rings. The zero-order valence-corrected chi connectivity index (χ0v) is 26.5. The normalized spacial score (nSPS) is 41.5. The maximum absolute atomic E-state index is 13.3. The molecular formula is C32H44NOY-. The molecule has 187 valence electrons. The van der Waals surface area contributed by atoms with Crippen LogP contribution in [-0.2, 0) is 37.5 Å². The van der Waals surface area contributed by atoms with E-state index in [-0.39, 0.29) is 60.7 Å². The minimum absolute atomic E-state index is 0. The monoisotopic (exact) mass is 547 g/mol. The van der Waals surface area contributed by atoms with Crippen LogP contribution in [0.15, 0.2) is 34.1 Å². The predicted molar refractivity (Wildman–Crippen MR) is 140 cm³/mol. The van der Waals surface area contributed by atoms with Crippen molar-refractivity contribution in [1.82, 2.24) is 0 Å². The SMILES string of the molecule is [C-]#[N+]C1=C[C@]2(C)C3C(C)=C(C)C4=C5CC(C)(C)CC[C-]5CC[C@@]4(C)[C@]3(C)CC[C@H]2C(C)(C)C1=O.[Y]. The predicted octanol–water partition coefficient (Wildman–Crippen LogP) is 8.67. The summed E-state index contributed by atoms with van der Waals surface area (Å²) in [6, 6.07) is 0. The number of carbonyl (C=O) groups excluding carboxylic acids is 1. The van der Waals surface area contributed by atoms with Crippen LogP contribution in [0.2, 0.25) is 0 Å². The van der Waals surface area contributed by atoms with E-state index < -0.39 is 5.41 Å². The first-order valence-electron chi connectivity index (χ1n) is 13.6. The van der Waals surface area contributed by atoms with Crippen LogP contribution in [0.25, 0.3) is 4.85 Å². The number of ketones is 1. The molecule has 0 bridgehead atoms. The van der Waals surface area contributed by atoms with Crippen molar-refractivity contribution in [3.05, 3.63) is 51.4 Å². The molecule has 5 aliphatic rings. The Labute approximate surface area is 239 Å². The first kappa shape index (κ1) is 27.4. The van der Waals surface area contributed by atoms with E-state index >= 15 is 0 Å². The molecule has 0 aromatic rings. The maximum Gasteiger partial charge on any atom is 0.226 e. The van der Waals surface area contributed by atoms with Crippen molar-refractivity contribution in [3.63, 3.8) is 0 Å². The largest absolute Gasteiger partial charge is 0.307 e. The van der Waals surface area contributed by atoms with E-state index in [4.69, 9.17) is 6.57 Å². The number of Topliss-reactive ketones (excluding diaryl/α,β-unsaturated/α-hetero) is 1. The Morgan fingerprint density at radius 2 is 1.63 bits per heavy atom. The zero-order chi connectivity index (χ0) is 25.1. The van der Waals surface area contributed by atoms with Crippen LogP contribution in [0.3, 0.4) is 0 Å². The molecule has 5 rings (SSSR count). The van der Waals surface area contributed by atoms with Crippen molar-refractivity contribution < 1.29 is 37.5 Å². The Hall–Kier alpha value is -0.646. The van der Waals surface area contributed by atoms with E-state index in [0.29, 0.717) is 17.0 Å². The van der Waals surface area contributed by atoms with E-state index in [1.165, 1.54) is 43.3 Å². The van der Waals surface area contributed by atoms with Crippen LogP contribution in [0.5, 0.6) is 0 Å². The fourth-order valence-corrected chi connectivity index (χ4v) is 9.94. The van der Waals surface area contributed by atoms with Crippen molar-refractivity contribution in [2.45, 2.75) is 107 Å². The van der Waals surface area contributed by atoms with Crippen molar-refractivity contribution in [2.24, 2.45) is 38.9 Å². The quantitative estimate of drug-likeness (QED) is 0.278. The molecule has 0 aromatic heterocycles. The molecule has 0 aromatic carbocycles. The number of nitrogens with zero attached hydrogens (tertiary/aromatic N) is 1. The molecule has 35 heavy (non-hydrogen) atoms. The minimum Gasteiger partial charge on any atom is -0.307 e. The van der Waals surface area contributed by atoms with Crippen LogP contribution in [0.1, 0.15) is 107 Å². The molecule has 0 N–H and O–H groups in total. The van der Waals surface area contributed by atoms with Gasteiger partial charge in [0.25, 0.3) is 0 Å². The molecule has 0 spiro atoms. The van der Waals surface area contributed by atoms with Gasteiger partial charge in [-0.15, -0.1) is 5.57 Å². The number of carbonyl (C=O) groups is 1. The van der Waals surface area contributed by atoms with Gasteiger partial charge in [-0.2, -0.15) is 5.57 Å². The van der Waals surface area contributed by atoms with E-state index in [0.717, 1.165) is 12.8 Å². The number of hydrogen-bond donors (Lipinski definition) is 0. The van der Waals surface area contributed by atoms with Gasteiger partial charge in [0.15, 0.2) is 5.78 Å². The van der Waals surface area contributed by atoms with Gasteiger partial charge in [0, 0.05) is 38.1 Å². The van der Waals surface area contributed by atoms with E-state index in [9.17, 15) is 4.79 Å². The van der Waals surface area contributed by atoms with Gasteiger partial charge in [0.2, 0.25) is 5.70 Å². The van der Waals surface area contributed by atoms with E-state index in [2.05, 4.69) is 73.2 Å². The van der Waals surface area contributed by atoms with Crippen molar-refractivity contribution in [1.29, 1.82) is 0 Å². The molecule has 5 aliphatic carbocycles. The summed E-state index contributed by atoms with van der Waals surface area (Å²) < 4.78 is 0. The van der Waals surface area contributed by atoms with E-state index in [1.54, 1.807) is 17.1 Å². The van der Waals surface area contributed by atoms with Crippen LogP contribution in [-0.4, -0.2) is 5.78 Å². The molecule has 5 atom stereocenters. The smallest absolute Gasteiger partial charge is 0.226 e. The van der Waals surface area contributed by atoms with Gasteiger partial charge in [-0.25, -0.2) is 16.3 Å². The van der Waals surface area contributed by atoms with E-state index in [1.807, 2.05) is 0 Å². The second-order valence-electron chi connectivity index (χ2n) is 14.4. The Kier molecular flexibility index (Phi) is 6.40. The Morgan fingerprint density at radius 1 is 1.00 bits per heavy atom. The standard InChI is InChI=1S/C32H44NO.Y/c1-19-20(2)26-30(7)18-23(33-10)27(34)29(5,6)24(30)13-16-32(26,9)31(8)15-12-21-11-14-28(3,4)17-22(21)25(19)31;/h18,24,26H,11-17H2,1-9H3;/q-1;/t24-,26?,30-,31+,32+;/m0./s1. The van der Waals surface area contributed by atoms with Gasteiger partial charge in [-0.1, -0.05) is 105 Å². The summed E-state index contributed by atoms with van der Waals surface area (Å²) in [5.74, 6) is 2.42. The molecule has 0 heterocycles. The first-order chi connectivity index (χ1) is 15.6. The molecule has 2 nitrogen and oxygen atoms in total. The molecule has 2 saturated carbocycles. The third-order valence-corrected chi connectivity index (χ3v) is 11.8. The van der Waals surface area contributed by atoms with Gasteiger partial charge in [-0.05, 0) is 47.8 Å². The molecule has 0 aliphatic heterocycles. The Morgan fingerprint density at radius 3 is 2.26 bits per heavy atom. The molecule has 1 radical (unpaired) electrons. The van der Waals surface area contributed by atoms with Crippen molar-refractivity contribution in [2.75, 3.05) is 0 Å². The Bertz CT molecular complexity index is 1110. The number of hydrogen-bond acceptors (Lipinski definition) is 1. The summed E-state index contributed by atoms with van der Waals surface area (Å²) in [5.41, 5.74) is 6.77. The minimum atomic E-state index is -0.487. The average molecular weight is 548 g/mol. The van der Waals surface area contributed by atoms with Gasteiger partial charge >= 0.3 is 0 Å². The third-order valence-electron chi connectivity index (χ3n) is 11.8. The third kappa shape index (κ3) is 3.39. The number of fused-ring (bicyclic) bond motifs is 6. The fourth-order valence-electron chi connectivity index (χ4n) is 9.94. The summed E-state index contributed by atoms with van der Waals surface area (Å²) in [5, 5.41) is 0.